The van der Waals surface area contributed by atoms with E-state index >= 15 is 0 Å². The van der Waals surface area contributed by atoms with Crippen molar-refractivity contribution in [3.05, 3.63) is 95.6 Å². The molecule has 3 rings (SSSR count). The third-order valence-corrected chi connectivity index (χ3v) is 4.29. The average Bonchev–Trinajstić information content (AvgIpc) is 2.70. The minimum Gasteiger partial charge on any atom is -0.504 e. The fourth-order valence-electron chi connectivity index (χ4n) is 2.86. The number of ether oxygens (including phenoxy) is 1. The molecular weight excluding hydrogens is 324 g/mol. The zero-order valence-electron chi connectivity index (χ0n) is 14.6. The van der Waals surface area contributed by atoms with E-state index in [-0.39, 0.29) is 17.8 Å². The van der Waals surface area contributed by atoms with E-state index in [0.717, 1.165) is 11.1 Å². The van der Waals surface area contributed by atoms with Gasteiger partial charge in [-0.2, -0.15) is 0 Å². The molecule has 26 heavy (non-hydrogen) atoms. The first-order valence-corrected chi connectivity index (χ1v) is 8.45. The molecule has 3 aromatic rings. The number of aliphatic imine (C=N–C) groups is 1. The second kappa shape index (κ2) is 8.32. The fraction of sp³-hybridized carbons (Fsp3) is 0.136. The van der Waals surface area contributed by atoms with Crippen molar-refractivity contribution in [1.29, 1.82) is 0 Å². The minimum absolute atomic E-state index is 0.0684. The highest BCUT2D eigenvalue weighted by Crippen LogP contribution is 2.32. The summed E-state index contributed by atoms with van der Waals surface area (Å²) < 4.78 is 5.16. The number of nitrogens with two attached hydrogens (primary N) is 1. The average molecular weight is 346 g/mol. The molecule has 0 aromatic heterocycles. The van der Waals surface area contributed by atoms with Gasteiger partial charge in [-0.15, -0.1) is 0 Å². The molecule has 2 atom stereocenters. The van der Waals surface area contributed by atoms with Crippen molar-refractivity contribution in [2.45, 2.75) is 12.1 Å². The minimum atomic E-state index is -0.303. The Morgan fingerprint density at radius 2 is 1.50 bits per heavy atom. The molecule has 4 nitrogen and oxygen atoms in total. The summed E-state index contributed by atoms with van der Waals surface area (Å²) in [6.45, 7) is 0. The molecular formula is C22H22N2O2. The van der Waals surface area contributed by atoms with Gasteiger partial charge in [-0.3, -0.25) is 4.99 Å². The lowest BCUT2D eigenvalue weighted by molar-refractivity contribution is 0.373. The maximum atomic E-state index is 10.3. The van der Waals surface area contributed by atoms with E-state index < -0.39 is 0 Å². The lowest BCUT2D eigenvalue weighted by Gasteiger charge is -2.21. The van der Waals surface area contributed by atoms with E-state index in [4.69, 9.17) is 15.5 Å². The maximum Gasteiger partial charge on any atom is 0.166 e. The van der Waals surface area contributed by atoms with Crippen LogP contribution in [0.1, 0.15) is 28.8 Å². The zero-order chi connectivity index (χ0) is 18.4. The molecule has 3 N–H and O–H groups in total. The van der Waals surface area contributed by atoms with Crippen molar-refractivity contribution >= 4 is 6.21 Å². The number of methoxy groups -OCH3 is 1. The van der Waals surface area contributed by atoms with Crippen molar-refractivity contribution in [3.8, 4) is 11.5 Å². The van der Waals surface area contributed by atoms with Gasteiger partial charge < -0.3 is 15.6 Å². The fourth-order valence-corrected chi connectivity index (χ4v) is 2.86. The number of phenolic OH excluding ortho intramolecular Hbond substituents is 1. The molecule has 0 bridgehead atoms. The Morgan fingerprint density at radius 3 is 2.12 bits per heavy atom. The van der Waals surface area contributed by atoms with Crippen molar-refractivity contribution < 1.29 is 9.84 Å². The summed E-state index contributed by atoms with van der Waals surface area (Å²) in [7, 11) is 1.52. The molecule has 0 aliphatic heterocycles. The molecule has 0 heterocycles. The molecule has 0 aliphatic rings. The topological polar surface area (TPSA) is 67.8 Å². The van der Waals surface area contributed by atoms with E-state index in [1.54, 1.807) is 18.3 Å². The normalized spacial score (nSPS) is 13.5. The Kier molecular flexibility index (Phi) is 5.66. The predicted octanol–water partition coefficient (Wildman–Crippen LogP) is 4.26. The molecule has 0 fully saturated rings. The molecule has 0 amide bonds. The first-order valence-electron chi connectivity index (χ1n) is 8.45. The number of hydrogen-bond acceptors (Lipinski definition) is 4. The monoisotopic (exact) mass is 346 g/mol. The first kappa shape index (κ1) is 17.7. The Morgan fingerprint density at radius 1 is 0.885 bits per heavy atom. The van der Waals surface area contributed by atoms with Crippen LogP contribution in [0.3, 0.4) is 0 Å². The Hall–Kier alpha value is -3.11. The third kappa shape index (κ3) is 3.92. The predicted molar refractivity (Wildman–Crippen MR) is 105 cm³/mol. The van der Waals surface area contributed by atoms with Crippen molar-refractivity contribution in [2.24, 2.45) is 10.7 Å². The van der Waals surface area contributed by atoms with Gasteiger partial charge in [0.15, 0.2) is 11.5 Å². The quantitative estimate of drug-likeness (QED) is 0.655. The van der Waals surface area contributed by atoms with E-state index in [0.29, 0.717) is 11.3 Å². The van der Waals surface area contributed by atoms with Crippen LogP contribution in [0, 0.1) is 0 Å². The summed E-state index contributed by atoms with van der Waals surface area (Å²) in [5.41, 5.74) is 9.14. The van der Waals surface area contributed by atoms with Crippen LogP contribution in [-0.4, -0.2) is 18.4 Å². The van der Waals surface area contributed by atoms with Gasteiger partial charge in [0, 0.05) is 11.8 Å². The maximum absolute atomic E-state index is 10.3. The van der Waals surface area contributed by atoms with Crippen LogP contribution in [-0.2, 0) is 0 Å². The Bertz CT molecular complexity index is 864. The standard InChI is InChI=1S/C22H22N2O2/c1-26-19-14-8-13-18(22(19)25)15-24-21(17-11-6-3-7-12-17)20(23)16-9-4-2-5-10-16/h2-15,20-21,25H,23H2,1H3/t20-,21-/m0/s1. The van der Waals surface area contributed by atoms with Crippen LogP contribution in [0.2, 0.25) is 0 Å². The third-order valence-electron chi connectivity index (χ3n) is 4.29. The lowest BCUT2D eigenvalue weighted by atomic mass is 9.94. The van der Waals surface area contributed by atoms with Gasteiger partial charge in [-0.05, 0) is 23.3 Å². The van der Waals surface area contributed by atoms with Crippen LogP contribution >= 0.6 is 0 Å². The van der Waals surface area contributed by atoms with E-state index in [1.807, 2.05) is 66.7 Å². The van der Waals surface area contributed by atoms with Crippen molar-refractivity contribution in [1.82, 2.24) is 0 Å². The van der Waals surface area contributed by atoms with Gasteiger partial charge >= 0.3 is 0 Å². The highest BCUT2D eigenvalue weighted by Gasteiger charge is 2.20. The largest absolute Gasteiger partial charge is 0.504 e. The molecule has 0 saturated heterocycles. The smallest absolute Gasteiger partial charge is 0.166 e. The Labute approximate surface area is 153 Å². The Balaban J connectivity index is 1.97. The number of phenols is 1. The van der Waals surface area contributed by atoms with Gasteiger partial charge in [0.05, 0.1) is 19.2 Å². The SMILES string of the molecule is COc1cccc(C=N[C@@H](c2ccccc2)[C@@H](N)c2ccccc2)c1O. The van der Waals surface area contributed by atoms with Crippen LogP contribution in [0.4, 0.5) is 0 Å². The second-order valence-corrected chi connectivity index (χ2v) is 5.97. The van der Waals surface area contributed by atoms with Crippen LogP contribution in [0.5, 0.6) is 11.5 Å². The summed E-state index contributed by atoms with van der Waals surface area (Å²) in [6, 6.07) is 24.6. The second-order valence-electron chi connectivity index (χ2n) is 5.97. The lowest BCUT2D eigenvalue weighted by Crippen LogP contribution is -2.18. The highest BCUT2D eigenvalue weighted by molar-refractivity contribution is 5.85. The van der Waals surface area contributed by atoms with Gasteiger partial charge in [0.1, 0.15) is 0 Å². The molecule has 0 saturated carbocycles. The van der Waals surface area contributed by atoms with E-state index in [2.05, 4.69) is 0 Å². The summed E-state index contributed by atoms with van der Waals surface area (Å²) in [4.78, 5) is 4.71. The van der Waals surface area contributed by atoms with E-state index in [1.165, 1.54) is 7.11 Å². The van der Waals surface area contributed by atoms with Gasteiger partial charge in [0.2, 0.25) is 0 Å². The highest BCUT2D eigenvalue weighted by atomic mass is 16.5. The molecule has 3 aromatic carbocycles. The van der Waals surface area contributed by atoms with Crippen molar-refractivity contribution in [3.63, 3.8) is 0 Å². The molecule has 0 unspecified atom stereocenters. The van der Waals surface area contributed by atoms with Gasteiger partial charge in [0.25, 0.3) is 0 Å². The van der Waals surface area contributed by atoms with Crippen LogP contribution in [0.25, 0.3) is 0 Å². The molecule has 0 aliphatic carbocycles. The first-order chi connectivity index (χ1) is 12.7. The summed E-state index contributed by atoms with van der Waals surface area (Å²) in [5, 5.41) is 10.3. The summed E-state index contributed by atoms with van der Waals surface area (Å²) >= 11 is 0. The van der Waals surface area contributed by atoms with Crippen LogP contribution < -0.4 is 10.5 Å². The number of para-hydroxylation sites is 1. The summed E-state index contributed by atoms with van der Waals surface area (Å²) in [5.74, 6) is 0.483. The van der Waals surface area contributed by atoms with Crippen molar-refractivity contribution in [2.75, 3.05) is 7.11 Å². The van der Waals surface area contributed by atoms with Gasteiger partial charge in [-0.25, -0.2) is 0 Å². The molecule has 132 valence electrons. The number of rotatable bonds is 6. The number of benzene rings is 3. The van der Waals surface area contributed by atoms with Gasteiger partial charge in [-0.1, -0.05) is 66.7 Å². The summed E-state index contributed by atoms with van der Waals surface area (Å²) in [6.07, 6.45) is 1.65. The van der Waals surface area contributed by atoms with Crippen LogP contribution in [0.15, 0.2) is 83.9 Å². The molecule has 4 heteroatoms. The number of nitrogens with zero attached hydrogens (tertiary/aromatic N) is 1. The number of hydrogen-bond donors (Lipinski definition) is 2. The zero-order valence-corrected chi connectivity index (χ0v) is 14.6. The number of aromatic hydroxyl groups is 1. The molecule has 0 radical (unpaired) electrons. The molecule has 0 spiro atoms. The van der Waals surface area contributed by atoms with E-state index in [9.17, 15) is 5.11 Å².